The maximum absolute atomic E-state index is 9.79. The molecule has 1 aliphatic rings. The lowest BCUT2D eigenvalue weighted by Gasteiger charge is -2.40. The molecule has 0 aliphatic carbocycles. The second kappa shape index (κ2) is 5.47. The molecule has 2 heterocycles. The van der Waals surface area contributed by atoms with Crippen molar-refractivity contribution in [2.75, 3.05) is 11.9 Å². The summed E-state index contributed by atoms with van der Waals surface area (Å²) in [5.74, 6) is 0. The Labute approximate surface area is 108 Å². The first-order valence-electron chi connectivity index (χ1n) is 5.52. The van der Waals surface area contributed by atoms with Gasteiger partial charge in [0.1, 0.15) is 24.4 Å². The van der Waals surface area contributed by atoms with E-state index in [-0.39, 0.29) is 0 Å². The average Bonchev–Trinajstić information content (AvgIpc) is 2.75. The number of aryl methyl sites for hydroxylation is 1. The van der Waals surface area contributed by atoms with Crippen LogP contribution in [0.2, 0.25) is 0 Å². The highest BCUT2D eigenvalue weighted by atomic mass is 32.1. The number of nitrogens with one attached hydrogen (secondary N) is 1. The number of hydrogen-bond acceptors (Lipinski definition) is 8. The Morgan fingerprint density at radius 3 is 2.61 bits per heavy atom. The SMILES string of the molecule is Cc1cnc(NC2OC(CO)C(O)C(O)C2O)s1. The van der Waals surface area contributed by atoms with Gasteiger partial charge in [-0.2, -0.15) is 0 Å². The summed E-state index contributed by atoms with van der Waals surface area (Å²) in [5, 5.41) is 41.4. The lowest BCUT2D eigenvalue weighted by Crippen LogP contribution is -2.60. The molecule has 8 heteroatoms. The predicted octanol–water partition coefficient (Wildman–Crippen LogP) is -1.34. The number of aliphatic hydroxyl groups excluding tert-OH is 4. The Hall–Kier alpha value is -0.770. The molecule has 0 aromatic carbocycles. The van der Waals surface area contributed by atoms with Crippen LogP contribution >= 0.6 is 11.3 Å². The Balaban J connectivity index is 2.07. The standard InChI is InChI=1S/C10H16N2O5S/c1-4-2-11-10(18-4)12-9-8(16)7(15)6(14)5(3-13)17-9/h2,5-9,13-16H,3H2,1H3,(H,11,12). The van der Waals surface area contributed by atoms with Crippen molar-refractivity contribution in [2.24, 2.45) is 0 Å². The first kappa shape index (κ1) is 13.7. The molecular weight excluding hydrogens is 260 g/mol. The highest BCUT2D eigenvalue weighted by Crippen LogP contribution is 2.24. The monoisotopic (exact) mass is 276 g/mol. The van der Waals surface area contributed by atoms with Gasteiger partial charge in [-0.3, -0.25) is 0 Å². The van der Waals surface area contributed by atoms with Gasteiger partial charge in [0.25, 0.3) is 0 Å². The van der Waals surface area contributed by atoms with Crippen LogP contribution in [0.3, 0.4) is 0 Å². The van der Waals surface area contributed by atoms with Gasteiger partial charge in [-0.1, -0.05) is 0 Å². The zero-order valence-corrected chi connectivity index (χ0v) is 10.5. The minimum Gasteiger partial charge on any atom is -0.394 e. The molecule has 0 amide bonds. The van der Waals surface area contributed by atoms with Gasteiger partial charge in [0.15, 0.2) is 11.4 Å². The number of aromatic nitrogens is 1. The van der Waals surface area contributed by atoms with Gasteiger partial charge < -0.3 is 30.5 Å². The van der Waals surface area contributed by atoms with E-state index >= 15 is 0 Å². The topological polar surface area (TPSA) is 115 Å². The summed E-state index contributed by atoms with van der Waals surface area (Å²) in [5.41, 5.74) is 0. The van der Waals surface area contributed by atoms with E-state index in [2.05, 4.69) is 10.3 Å². The molecule has 1 aromatic heterocycles. The summed E-state index contributed by atoms with van der Waals surface area (Å²) in [6.45, 7) is 1.44. The third-order valence-electron chi connectivity index (χ3n) is 2.78. The molecule has 0 saturated carbocycles. The maximum Gasteiger partial charge on any atom is 0.184 e. The van der Waals surface area contributed by atoms with Crippen molar-refractivity contribution in [3.8, 4) is 0 Å². The first-order valence-corrected chi connectivity index (χ1v) is 6.34. The molecule has 5 N–H and O–H groups in total. The minimum absolute atomic E-state index is 0.444. The van der Waals surface area contributed by atoms with E-state index in [0.29, 0.717) is 5.13 Å². The van der Waals surface area contributed by atoms with Crippen molar-refractivity contribution in [1.82, 2.24) is 4.98 Å². The summed E-state index contributed by atoms with van der Waals surface area (Å²) < 4.78 is 5.29. The number of aliphatic hydroxyl groups is 4. The Morgan fingerprint density at radius 2 is 2.06 bits per heavy atom. The van der Waals surface area contributed by atoms with Crippen LogP contribution in [0.15, 0.2) is 6.20 Å². The molecule has 1 aromatic rings. The van der Waals surface area contributed by atoms with Gasteiger partial charge >= 0.3 is 0 Å². The van der Waals surface area contributed by atoms with Crippen LogP contribution < -0.4 is 5.32 Å². The van der Waals surface area contributed by atoms with Crippen molar-refractivity contribution >= 4 is 16.5 Å². The highest BCUT2D eigenvalue weighted by Gasteiger charge is 2.43. The van der Waals surface area contributed by atoms with E-state index in [1.807, 2.05) is 6.92 Å². The number of ether oxygens (including phenoxy) is 1. The van der Waals surface area contributed by atoms with Crippen molar-refractivity contribution < 1.29 is 25.2 Å². The molecule has 1 aliphatic heterocycles. The summed E-state index contributed by atoms with van der Waals surface area (Å²) in [7, 11) is 0. The molecule has 0 spiro atoms. The van der Waals surface area contributed by atoms with Gasteiger partial charge in [0.2, 0.25) is 0 Å². The number of anilines is 1. The molecule has 5 atom stereocenters. The maximum atomic E-state index is 9.79. The molecule has 1 fully saturated rings. The Morgan fingerprint density at radius 1 is 1.33 bits per heavy atom. The average molecular weight is 276 g/mol. The van der Waals surface area contributed by atoms with Crippen LogP contribution in [0.4, 0.5) is 5.13 Å². The van der Waals surface area contributed by atoms with Gasteiger partial charge in [-0.25, -0.2) is 4.98 Å². The fourth-order valence-electron chi connectivity index (χ4n) is 1.76. The smallest absolute Gasteiger partial charge is 0.184 e. The number of thiazole rings is 1. The lowest BCUT2D eigenvalue weighted by molar-refractivity contribution is -0.221. The van der Waals surface area contributed by atoms with E-state index in [0.717, 1.165) is 4.88 Å². The van der Waals surface area contributed by atoms with Crippen molar-refractivity contribution in [3.63, 3.8) is 0 Å². The van der Waals surface area contributed by atoms with Crippen LogP contribution in [0.1, 0.15) is 4.88 Å². The number of hydrogen-bond donors (Lipinski definition) is 5. The highest BCUT2D eigenvalue weighted by molar-refractivity contribution is 7.15. The second-order valence-corrected chi connectivity index (χ2v) is 5.40. The molecule has 18 heavy (non-hydrogen) atoms. The molecule has 1 saturated heterocycles. The molecular formula is C10H16N2O5S. The summed E-state index contributed by atoms with van der Waals surface area (Å²) in [4.78, 5) is 5.04. The third kappa shape index (κ3) is 2.63. The number of nitrogens with zero attached hydrogens (tertiary/aromatic N) is 1. The van der Waals surface area contributed by atoms with E-state index in [4.69, 9.17) is 9.84 Å². The lowest BCUT2D eigenvalue weighted by atomic mass is 9.98. The number of rotatable bonds is 3. The van der Waals surface area contributed by atoms with Crippen molar-refractivity contribution in [3.05, 3.63) is 11.1 Å². The van der Waals surface area contributed by atoms with Crippen molar-refractivity contribution in [1.29, 1.82) is 0 Å². The van der Waals surface area contributed by atoms with E-state index < -0.39 is 37.3 Å². The van der Waals surface area contributed by atoms with E-state index in [1.165, 1.54) is 11.3 Å². The van der Waals surface area contributed by atoms with Gasteiger partial charge in [0.05, 0.1) is 6.61 Å². The van der Waals surface area contributed by atoms with Gasteiger partial charge in [0, 0.05) is 11.1 Å². The van der Waals surface area contributed by atoms with Crippen LogP contribution in [0.5, 0.6) is 0 Å². The quantitative estimate of drug-likeness (QED) is 0.464. The fraction of sp³-hybridized carbons (Fsp3) is 0.700. The Bertz CT molecular complexity index is 399. The fourth-order valence-corrected chi connectivity index (χ4v) is 2.45. The van der Waals surface area contributed by atoms with Crippen LogP contribution in [0, 0.1) is 6.92 Å². The van der Waals surface area contributed by atoms with Crippen LogP contribution in [-0.4, -0.2) is 62.7 Å². The van der Waals surface area contributed by atoms with Crippen molar-refractivity contribution in [2.45, 2.75) is 37.6 Å². The third-order valence-corrected chi connectivity index (χ3v) is 3.62. The Kier molecular flexibility index (Phi) is 4.15. The minimum atomic E-state index is -1.38. The normalized spacial score (nSPS) is 36.6. The summed E-state index contributed by atoms with van der Waals surface area (Å²) in [6, 6.07) is 0. The first-order chi connectivity index (χ1) is 8.52. The predicted molar refractivity (Wildman–Crippen MR) is 64.2 cm³/mol. The second-order valence-electron chi connectivity index (χ2n) is 4.17. The molecule has 5 unspecified atom stereocenters. The van der Waals surface area contributed by atoms with Gasteiger partial charge in [-0.15, -0.1) is 11.3 Å². The van der Waals surface area contributed by atoms with Crippen LogP contribution in [-0.2, 0) is 4.74 Å². The largest absolute Gasteiger partial charge is 0.394 e. The zero-order chi connectivity index (χ0) is 13.3. The zero-order valence-electron chi connectivity index (χ0n) is 9.72. The van der Waals surface area contributed by atoms with E-state index in [1.54, 1.807) is 6.20 Å². The van der Waals surface area contributed by atoms with E-state index in [9.17, 15) is 15.3 Å². The molecule has 7 nitrogen and oxygen atoms in total. The molecule has 102 valence electrons. The molecule has 0 bridgehead atoms. The molecule has 0 radical (unpaired) electrons. The molecule has 2 rings (SSSR count). The van der Waals surface area contributed by atoms with Crippen LogP contribution in [0.25, 0.3) is 0 Å². The summed E-state index contributed by atoms with van der Waals surface area (Å²) >= 11 is 1.37. The summed E-state index contributed by atoms with van der Waals surface area (Å²) in [6.07, 6.45) is -4.20. The van der Waals surface area contributed by atoms with Gasteiger partial charge in [-0.05, 0) is 6.92 Å².